The van der Waals surface area contributed by atoms with Crippen molar-refractivity contribution in [2.45, 2.75) is 51.5 Å². The number of nitrogens with zero attached hydrogens (tertiary/aromatic N) is 1. The van der Waals surface area contributed by atoms with Gasteiger partial charge in [-0.3, -0.25) is 0 Å². The molecule has 0 radical (unpaired) electrons. The van der Waals surface area contributed by atoms with E-state index >= 15 is 0 Å². The van der Waals surface area contributed by atoms with Crippen LogP contribution in [0.3, 0.4) is 0 Å². The number of likely N-dealkylation sites (N-methyl/N-ethyl adjacent to an activating group) is 1. The van der Waals surface area contributed by atoms with Crippen LogP contribution in [0.25, 0.3) is 0 Å². The summed E-state index contributed by atoms with van der Waals surface area (Å²) >= 11 is 0. The highest BCUT2D eigenvalue weighted by Gasteiger charge is 2.50. The van der Waals surface area contributed by atoms with Crippen LogP contribution in [0.5, 0.6) is 0 Å². The highest BCUT2D eigenvalue weighted by molar-refractivity contribution is 5.04. The van der Waals surface area contributed by atoms with Crippen molar-refractivity contribution in [1.82, 2.24) is 15.3 Å². The predicted molar refractivity (Wildman–Crippen MR) is 80.3 cm³/mol. The van der Waals surface area contributed by atoms with Crippen LogP contribution in [0.1, 0.15) is 44.9 Å². The molecule has 1 heterocycles. The van der Waals surface area contributed by atoms with Crippen molar-refractivity contribution in [3.8, 4) is 0 Å². The van der Waals surface area contributed by atoms with Crippen molar-refractivity contribution in [3.05, 3.63) is 18.2 Å². The van der Waals surface area contributed by atoms with Gasteiger partial charge in [-0.25, -0.2) is 4.98 Å². The Morgan fingerprint density at radius 1 is 1.20 bits per heavy atom. The summed E-state index contributed by atoms with van der Waals surface area (Å²) in [6.45, 7) is 3.32. The second-order valence-electron chi connectivity index (χ2n) is 7.41. The minimum absolute atomic E-state index is 0.626. The summed E-state index contributed by atoms with van der Waals surface area (Å²) in [4.78, 5) is 7.75. The molecule has 0 aliphatic heterocycles. The van der Waals surface area contributed by atoms with E-state index in [2.05, 4.69) is 22.2 Å². The highest BCUT2D eigenvalue weighted by Crippen LogP contribution is 2.57. The molecule has 3 heteroatoms. The summed E-state index contributed by atoms with van der Waals surface area (Å²) in [6.07, 6.45) is 12.5. The molecule has 4 aliphatic rings. The van der Waals surface area contributed by atoms with Gasteiger partial charge in [0.25, 0.3) is 0 Å². The summed E-state index contributed by atoms with van der Waals surface area (Å²) in [6, 6.07) is 0.626. The third-order valence-electron chi connectivity index (χ3n) is 6.20. The molecule has 1 unspecified atom stereocenters. The Balaban J connectivity index is 1.53. The minimum atomic E-state index is 0.626. The number of aromatic amines is 1. The van der Waals surface area contributed by atoms with E-state index in [1.807, 2.05) is 12.4 Å². The van der Waals surface area contributed by atoms with Gasteiger partial charge in [0.1, 0.15) is 5.82 Å². The van der Waals surface area contributed by atoms with Crippen molar-refractivity contribution >= 4 is 0 Å². The van der Waals surface area contributed by atoms with Crippen LogP contribution in [0.15, 0.2) is 12.4 Å². The van der Waals surface area contributed by atoms with Gasteiger partial charge < -0.3 is 10.3 Å². The molecule has 5 rings (SSSR count). The molecule has 0 aromatic carbocycles. The van der Waals surface area contributed by atoms with Crippen molar-refractivity contribution < 1.29 is 0 Å². The SMILES string of the molecule is CCNC(Cc1ncc[nH]1)C1C2CC3CC(C2)CC1C3. The lowest BCUT2D eigenvalue weighted by Crippen LogP contribution is -2.53. The second kappa shape index (κ2) is 5.18. The van der Waals surface area contributed by atoms with Crippen LogP contribution in [0.2, 0.25) is 0 Å². The third-order valence-corrected chi connectivity index (χ3v) is 6.20. The maximum absolute atomic E-state index is 4.46. The van der Waals surface area contributed by atoms with Gasteiger partial charge in [-0.1, -0.05) is 6.92 Å². The Hall–Kier alpha value is -0.830. The molecule has 2 N–H and O–H groups in total. The second-order valence-corrected chi connectivity index (χ2v) is 7.41. The Bertz CT molecular complexity index is 411. The predicted octanol–water partition coefficient (Wildman–Crippen LogP) is 3.00. The maximum atomic E-state index is 4.46. The first-order chi connectivity index (χ1) is 9.83. The first-order valence-corrected chi connectivity index (χ1v) is 8.55. The monoisotopic (exact) mass is 273 g/mol. The number of hydrogen-bond donors (Lipinski definition) is 2. The van der Waals surface area contributed by atoms with Crippen LogP contribution >= 0.6 is 0 Å². The summed E-state index contributed by atoms with van der Waals surface area (Å²) in [5.74, 6) is 6.17. The molecule has 4 fully saturated rings. The van der Waals surface area contributed by atoms with Gasteiger partial charge in [0, 0.05) is 24.9 Å². The van der Waals surface area contributed by atoms with Crippen molar-refractivity contribution in [2.24, 2.45) is 29.6 Å². The van der Waals surface area contributed by atoms with Crippen LogP contribution < -0.4 is 5.32 Å². The summed E-state index contributed by atoms with van der Waals surface area (Å²) in [5, 5.41) is 3.79. The summed E-state index contributed by atoms with van der Waals surface area (Å²) in [7, 11) is 0. The largest absolute Gasteiger partial charge is 0.349 e. The molecule has 0 spiro atoms. The fourth-order valence-electron chi connectivity index (χ4n) is 5.85. The molecule has 1 aromatic rings. The fraction of sp³-hybridized carbons (Fsp3) is 0.824. The van der Waals surface area contributed by atoms with Gasteiger partial charge in [-0.15, -0.1) is 0 Å². The van der Waals surface area contributed by atoms with E-state index in [9.17, 15) is 0 Å². The number of aromatic nitrogens is 2. The lowest BCUT2D eigenvalue weighted by molar-refractivity contribution is -0.0517. The molecule has 3 nitrogen and oxygen atoms in total. The molecular formula is C17H27N3. The number of imidazole rings is 1. The molecule has 0 saturated heterocycles. The molecular weight excluding hydrogens is 246 g/mol. The van der Waals surface area contributed by atoms with E-state index in [-0.39, 0.29) is 0 Å². The molecule has 110 valence electrons. The number of H-pyrrole nitrogens is 1. The Morgan fingerprint density at radius 2 is 1.90 bits per heavy atom. The van der Waals surface area contributed by atoms with E-state index in [0.29, 0.717) is 6.04 Å². The van der Waals surface area contributed by atoms with Crippen molar-refractivity contribution in [3.63, 3.8) is 0 Å². The average molecular weight is 273 g/mol. The lowest BCUT2D eigenvalue weighted by Gasteiger charge is -2.56. The molecule has 4 bridgehead atoms. The number of rotatable bonds is 5. The van der Waals surface area contributed by atoms with E-state index in [1.165, 1.54) is 25.7 Å². The van der Waals surface area contributed by atoms with E-state index in [0.717, 1.165) is 48.4 Å². The van der Waals surface area contributed by atoms with Crippen molar-refractivity contribution in [1.29, 1.82) is 0 Å². The first kappa shape index (κ1) is 12.9. The Labute approximate surface area is 122 Å². The van der Waals surface area contributed by atoms with E-state index < -0.39 is 0 Å². The molecule has 1 atom stereocenters. The maximum Gasteiger partial charge on any atom is 0.107 e. The Kier molecular flexibility index (Phi) is 3.33. The summed E-state index contributed by atoms with van der Waals surface area (Å²) < 4.78 is 0. The highest BCUT2D eigenvalue weighted by atomic mass is 15.0. The van der Waals surface area contributed by atoms with E-state index in [1.54, 1.807) is 6.42 Å². The van der Waals surface area contributed by atoms with Gasteiger partial charge in [0.15, 0.2) is 0 Å². The van der Waals surface area contributed by atoms with Crippen LogP contribution in [-0.2, 0) is 6.42 Å². The topological polar surface area (TPSA) is 40.7 Å². The Morgan fingerprint density at radius 3 is 2.45 bits per heavy atom. The van der Waals surface area contributed by atoms with Gasteiger partial charge >= 0.3 is 0 Å². The zero-order valence-corrected chi connectivity index (χ0v) is 12.5. The number of nitrogens with one attached hydrogen (secondary N) is 2. The minimum Gasteiger partial charge on any atom is -0.349 e. The van der Waals surface area contributed by atoms with Gasteiger partial charge in [-0.05, 0) is 68.2 Å². The molecule has 4 aliphatic carbocycles. The quantitative estimate of drug-likeness (QED) is 0.866. The van der Waals surface area contributed by atoms with Crippen LogP contribution in [0, 0.1) is 29.6 Å². The standard InChI is InChI=1S/C17H27N3/c1-2-18-15(10-16-19-3-4-20-16)17-13-6-11-5-12(8-13)9-14(17)7-11/h3-4,11-15,17-18H,2,5-10H2,1H3,(H,19,20). The fourth-order valence-corrected chi connectivity index (χ4v) is 5.85. The lowest BCUT2D eigenvalue weighted by atomic mass is 9.50. The molecule has 4 saturated carbocycles. The smallest absolute Gasteiger partial charge is 0.107 e. The van der Waals surface area contributed by atoms with E-state index in [4.69, 9.17) is 0 Å². The first-order valence-electron chi connectivity index (χ1n) is 8.55. The van der Waals surface area contributed by atoms with Crippen LogP contribution in [-0.4, -0.2) is 22.6 Å². The molecule has 20 heavy (non-hydrogen) atoms. The van der Waals surface area contributed by atoms with Gasteiger partial charge in [-0.2, -0.15) is 0 Å². The van der Waals surface area contributed by atoms with Gasteiger partial charge in [0.2, 0.25) is 0 Å². The average Bonchev–Trinajstić information content (AvgIpc) is 2.90. The molecule has 0 amide bonds. The van der Waals surface area contributed by atoms with Crippen molar-refractivity contribution in [2.75, 3.05) is 6.54 Å². The van der Waals surface area contributed by atoms with Gasteiger partial charge in [0.05, 0.1) is 0 Å². The molecule has 1 aromatic heterocycles. The van der Waals surface area contributed by atoms with Crippen LogP contribution in [0.4, 0.5) is 0 Å². The zero-order valence-electron chi connectivity index (χ0n) is 12.5. The normalized spacial score (nSPS) is 40.1. The zero-order chi connectivity index (χ0) is 13.5. The third kappa shape index (κ3) is 2.20. The summed E-state index contributed by atoms with van der Waals surface area (Å²) in [5.41, 5.74) is 0. The number of hydrogen-bond acceptors (Lipinski definition) is 2.